The summed E-state index contributed by atoms with van der Waals surface area (Å²) in [6, 6.07) is 5.97. The average Bonchev–Trinajstić information content (AvgIpc) is 2.32. The molecule has 0 spiro atoms. The summed E-state index contributed by atoms with van der Waals surface area (Å²) in [5.74, 6) is -1.21. The number of carbonyl (C=O) groups excluding carboxylic acids is 1. The van der Waals surface area contributed by atoms with Crippen molar-refractivity contribution >= 4 is 17.5 Å². The van der Waals surface area contributed by atoms with Crippen LogP contribution in [0.3, 0.4) is 0 Å². The SMILES string of the molecule is CCC(C)(C#N)NC(=O)c1cccc(F)c1Cl. The molecule has 0 fully saturated rings. The maximum absolute atomic E-state index is 13.2. The number of nitrogens with one attached hydrogen (secondary N) is 1. The number of hydrogen-bond donors (Lipinski definition) is 1. The minimum atomic E-state index is -0.979. The Labute approximate surface area is 104 Å². The number of amides is 1. The van der Waals surface area contributed by atoms with Gasteiger partial charge in [0, 0.05) is 0 Å². The van der Waals surface area contributed by atoms with Gasteiger partial charge < -0.3 is 5.32 Å². The minimum absolute atomic E-state index is 0.0293. The lowest BCUT2D eigenvalue weighted by atomic mass is 10.0. The van der Waals surface area contributed by atoms with E-state index in [2.05, 4.69) is 5.32 Å². The van der Waals surface area contributed by atoms with Gasteiger partial charge >= 0.3 is 0 Å². The summed E-state index contributed by atoms with van der Waals surface area (Å²) >= 11 is 5.68. The van der Waals surface area contributed by atoms with Crippen molar-refractivity contribution in [3.05, 3.63) is 34.6 Å². The molecule has 0 aliphatic rings. The Morgan fingerprint density at radius 2 is 2.29 bits per heavy atom. The largest absolute Gasteiger partial charge is 0.334 e. The maximum Gasteiger partial charge on any atom is 0.254 e. The zero-order valence-corrected chi connectivity index (χ0v) is 10.3. The summed E-state index contributed by atoms with van der Waals surface area (Å²) in [5, 5.41) is 11.2. The van der Waals surface area contributed by atoms with Crippen molar-refractivity contribution in [2.75, 3.05) is 0 Å². The van der Waals surface area contributed by atoms with Gasteiger partial charge in [-0.15, -0.1) is 0 Å². The summed E-state index contributed by atoms with van der Waals surface area (Å²) in [6.45, 7) is 3.37. The smallest absolute Gasteiger partial charge is 0.254 e. The predicted molar refractivity (Wildman–Crippen MR) is 63.2 cm³/mol. The van der Waals surface area contributed by atoms with E-state index < -0.39 is 17.3 Å². The number of carbonyl (C=O) groups is 1. The lowest BCUT2D eigenvalue weighted by molar-refractivity contribution is 0.0922. The van der Waals surface area contributed by atoms with Crippen molar-refractivity contribution < 1.29 is 9.18 Å². The molecule has 0 saturated heterocycles. The molecule has 0 bridgehead atoms. The zero-order chi connectivity index (χ0) is 13.1. The van der Waals surface area contributed by atoms with Gasteiger partial charge in [0.25, 0.3) is 5.91 Å². The molecule has 3 nitrogen and oxygen atoms in total. The molecule has 0 saturated carbocycles. The van der Waals surface area contributed by atoms with Gasteiger partial charge in [0.05, 0.1) is 16.7 Å². The fraction of sp³-hybridized carbons (Fsp3) is 0.333. The highest BCUT2D eigenvalue weighted by molar-refractivity contribution is 6.34. The van der Waals surface area contributed by atoms with E-state index >= 15 is 0 Å². The van der Waals surface area contributed by atoms with E-state index in [-0.39, 0.29) is 10.6 Å². The van der Waals surface area contributed by atoms with Gasteiger partial charge in [-0.2, -0.15) is 5.26 Å². The first kappa shape index (κ1) is 13.5. The van der Waals surface area contributed by atoms with E-state index in [1.54, 1.807) is 13.8 Å². The first-order valence-electron chi connectivity index (χ1n) is 5.11. The standard InChI is InChI=1S/C12H12ClFN2O/c1-3-12(2,7-15)16-11(17)8-5-4-6-9(14)10(8)13/h4-6H,3H2,1-2H3,(H,16,17). The van der Waals surface area contributed by atoms with E-state index in [0.717, 1.165) is 0 Å². The average molecular weight is 255 g/mol. The topological polar surface area (TPSA) is 52.9 Å². The van der Waals surface area contributed by atoms with Gasteiger partial charge in [-0.25, -0.2) is 4.39 Å². The molecule has 17 heavy (non-hydrogen) atoms. The molecule has 0 aliphatic carbocycles. The van der Waals surface area contributed by atoms with Gasteiger partial charge in [0.15, 0.2) is 0 Å². The molecule has 1 N–H and O–H groups in total. The van der Waals surface area contributed by atoms with Crippen molar-refractivity contribution in [3.8, 4) is 6.07 Å². The molecule has 1 aromatic carbocycles. The second-order valence-electron chi connectivity index (χ2n) is 3.85. The van der Waals surface area contributed by atoms with Gasteiger partial charge in [0.1, 0.15) is 11.4 Å². The Morgan fingerprint density at radius 1 is 1.65 bits per heavy atom. The highest BCUT2D eigenvalue weighted by Crippen LogP contribution is 2.20. The monoisotopic (exact) mass is 254 g/mol. The van der Waals surface area contributed by atoms with Crippen LogP contribution in [-0.4, -0.2) is 11.4 Å². The number of halogens is 2. The second-order valence-corrected chi connectivity index (χ2v) is 4.23. The molecule has 1 atom stereocenters. The van der Waals surface area contributed by atoms with Crippen LogP contribution >= 0.6 is 11.6 Å². The quantitative estimate of drug-likeness (QED) is 0.902. The van der Waals surface area contributed by atoms with Crippen LogP contribution in [0.5, 0.6) is 0 Å². The van der Waals surface area contributed by atoms with E-state index in [1.807, 2.05) is 6.07 Å². The summed E-state index contributed by atoms with van der Waals surface area (Å²) < 4.78 is 13.2. The van der Waals surface area contributed by atoms with E-state index in [4.69, 9.17) is 16.9 Å². The van der Waals surface area contributed by atoms with Crippen molar-refractivity contribution in [1.82, 2.24) is 5.32 Å². The highest BCUT2D eigenvalue weighted by Gasteiger charge is 2.25. The molecular weight excluding hydrogens is 243 g/mol. The van der Waals surface area contributed by atoms with Gasteiger partial charge in [-0.05, 0) is 25.5 Å². The molecule has 1 amide bonds. The number of rotatable bonds is 3. The molecule has 0 aliphatic heterocycles. The lowest BCUT2D eigenvalue weighted by Crippen LogP contribution is -2.44. The fourth-order valence-corrected chi connectivity index (χ4v) is 1.40. The molecule has 1 rings (SSSR count). The van der Waals surface area contributed by atoms with Crippen LogP contribution in [-0.2, 0) is 0 Å². The van der Waals surface area contributed by atoms with Crippen molar-refractivity contribution in [3.63, 3.8) is 0 Å². The number of nitrogens with zero attached hydrogens (tertiary/aromatic N) is 1. The van der Waals surface area contributed by atoms with Gasteiger partial charge in [-0.3, -0.25) is 4.79 Å². The number of hydrogen-bond acceptors (Lipinski definition) is 2. The summed E-state index contributed by atoms with van der Waals surface area (Å²) in [6.07, 6.45) is 0.447. The van der Waals surface area contributed by atoms with Crippen LogP contribution in [0.4, 0.5) is 4.39 Å². The molecular formula is C12H12ClFN2O. The number of nitriles is 1. The van der Waals surface area contributed by atoms with Crippen LogP contribution < -0.4 is 5.32 Å². The van der Waals surface area contributed by atoms with E-state index in [0.29, 0.717) is 6.42 Å². The Bertz CT molecular complexity index is 484. The van der Waals surface area contributed by atoms with Crippen molar-refractivity contribution in [2.45, 2.75) is 25.8 Å². The van der Waals surface area contributed by atoms with Crippen LogP contribution in [0.25, 0.3) is 0 Å². The summed E-state index contributed by atoms with van der Waals surface area (Å²) in [4.78, 5) is 11.8. The van der Waals surface area contributed by atoms with E-state index in [1.165, 1.54) is 18.2 Å². The van der Waals surface area contributed by atoms with Crippen LogP contribution in [0, 0.1) is 17.1 Å². The molecule has 0 radical (unpaired) electrons. The fourth-order valence-electron chi connectivity index (χ4n) is 1.19. The van der Waals surface area contributed by atoms with Crippen LogP contribution in [0.2, 0.25) is 5.02 Å². The third-order valence-corrected chi connectivity index (χ3v) is 2.92. The van der Waals surface area contributed by atoms with E-state index in [9.17, 15) is 9.18 Å². The molecule has 1 aromatic rings. The molecule has 1 unspecified atom stereocenters. The summed E-state index contributed by atoms with van der Waals surface area (Å²) in [5.41, 5.74) is -0.950. The van der Waals surface area contributed by atoms with Crippen LogP contribution in [0.1, 0.15) is 30.6 Å². The number of benzene rings is 1. The van der Waals surface area contributed by atoms with Gasteiger partial charge in [0.2, 0.25) is 0 Å². The first-order valence-corrected chi connectivity index (χ1v) is 5.49. The zero-order valence-electron chi connectivity index (χ0n) is 9.55. The third kappa shape index (κ3) is 2.95. The minimum Gasteiger partial charge on any atom is -0.334 e. The maximum atomic E-state index is 13.2. The second kappa shape index (κ2) is 5.15. The highest BCUT2D eigenvalue weighted by atomic mass is 35.5. The molecule has 90 valence electrons. The summed E-state index contributed by atoms with van der Waals surface area (Å²) in [7, 11) is 0. The van der Waals surface area contributed by atoms with Crippen molar-refractivity contribution in [1.29, 1.82) is 5.26 Å². The Hall–Kier alpha value is -1.60. The normalized spacial score (nSPS) is 13.6. The molecule has 5 heteroatoms. The first-order chi connectivity index (χ1) is 7.93. The van der Waals surface area contributed by atoms with Crippen molar-refractivity contribution in [2.24, 2.45) is 0 Å². The van der Waals surface area contributed by atoms with Crippen LogP contribution in [0.15, 0.2) is 18.2 Å². The molecule has 0 aromatic heterocycles. The van der Waals surface area contributed by atoms with Gasteiger partial charge in [-0.1, -0.05) is 24.6 Å². The predicted octanol–water partition coefficient (Wildman–Crippen LogP) is 2.90. The molecule has 0 heterocycles. The Balaban J connectivity index is 2.99. The Kier molecular flexibility index (Phi) is 4.08. The lowest BCUT2D eigenvalue weighted by Gasteiger charge is -2.21. The third-order valence-electron chi connectivity index (χ3n) is 2.54. The Morgan fingerprint density at radius 3 is 2.82 bits per heavy atom.